The smallest absolute Gasteiger partial charge is 0.311 e. The van der Waals surface area contributed by atoms with Crippen molar-refractivity contribution in [3.05, 3.63) is 12.3 Å². The van der Waals surface area contributed by atoms with E-state index in [1.54, 1.807) is 90.0 Å². The first-order valence-corrected chi connectivity index (χ1v) is 13.1. The van der Waals surface area contributed by atoms with Crippen molar-refractivity contribution in [2.45, 2.75) is 121 Å². The average molecular weight is 557 g/mol. The molecule has 5 atom stereocenters. The standard InChI is InChI=1S/C29H48O10/c1-16(2)35-21-20(39-25(33)29(12,13)14)19(38-24(32)28(9,10)11)18(37-23(31)27(6,7)8)17(36-21)15-34-22(30)26(3,4)5/h17-21H,1,15H2,2-14H3/t17-,18+,19+,20-,21-/m1/s1. The maximum Gasteiger partial charge on any atom is 0.311 e. The van der Waals surface area contributed by atoms with Crippen molar-refractivity contribution in [2.24, 2.45) is 21.7 Å². The number of allylic oxidation sites excluding steroid dienone is 1. The molecule has 0 N–H and O–H groups in total. The van der Waals surface area contributed by atoms with Crippen molar-refractivity contribution in [3.8, 4) is 0 Å². The summed E-state index contributed by atoms with van der Waals surface area (Å²) in [6.45, 7) is 25.0. The van der Waals surface area contributed by atoms with E-state index in [0.717, 1.165) is 0 Å². The van der Waals surface area contributed by atoms with Gasteiger partial charge in [-0.15, -0.1) is 0 Å². The largest absolute Gasteiger partial charge is 0.466 e. The number of hydrogen-bond acceptors (Lipinski definition) is 10. The Labute approximate surface area is 233 Å². The van der Waals surface area contributed by atoms with Gasteiger partial charge in [-0.1, -0.05) is 6.58 Å². The molecule has 1 rings (SSSR count). The molecule has 0 aliphatic carbocycles. The van der Waals surface area contributed by atoms with Gasteiger partial charge < -0.3 is 28.4 Å². The van der Waals surface area contributed by atoms with E-state index in [0.29, 0.717) is 0 Å². The van der Waals surface area contributed by atoms with E-state index in [-0.39, 0.29) is 12.4 Å². The van der Waals surface area contributed by atoms with Crippen LogP contribution in [-0.2, 0) is 47.6 Å². The minimum Gasteiger partial charge on any atom is -0.466 e. The van der Waals surface area contributed by atoms with Crippen molar-refractivity contribution in [1.82, 2.24) is 0 Å². The second-order valence-electron chi connectivity index (χ2n) is 14.1. The predicted molar refractivity (Wildman–Crippen MR) is 143 cm³/mol. The van der Waals surface area contributed by atoms with E-state index in [2.05, 4.69) is 6.58 Å². The second kappa shape index (κ2) is 12.3. The molecule has 1 heterocycles. The fourth-order valence-corrected chi connectivity index (χ4v) is 2.98. The molecule has 0 unspecified atom stereocenters. The Morgan fingerprint density at radius 1 is 0.590 bits per heavy atom. The highest BCUT2D eigenvalue weighted by Gasteiger charge is 2.55. The first-order chi connectivity index (χ1) is 17.4. The third kappa shape index (κ3) is 10.1. The van der Waals surface area contributed by atoms with Crippen molar-refractivity contribution in [2.75, 3.05) is 6.61 Å². The molecule has 39 heavy (non-hydrogen) atoms. The van der Waals surface area contributed by atoms with Gasteiger partial charge >= 0.3 is 23.9 Å². The summed E-state index contributed by atoms with van der Waals surface area (Å²) in [5.74, 6) is -2.17. The molecule has 0 saturated carbocycles. The fourth-order valence-electron chi connectivity index (χ4n) is 2.98. The molecule has 1 aliphatic rings. The molecule has 0 aromatic carbocycles. The first kappa shape index (κ1) is 34.4. The molecule has 0 amide bonds. The summed E-state index contributed by atoms with van der Waals surface area (Å²) in [5.41, 5.74) is -3.63. The third-order valence-electron chi connectivity index (χ3n) is 5.47. The monoisotopic (exact) mass is 556 g/mol. The third-order valence-corrected chi connectivity index (χ3v) is 5.47. The predicted octanol–water partition coefficient (Wildman–Crippen LogP) is 4.72. The number of carbonyl (C=O) groups excluding carboxylic acids is 4. The lowest BCUT2D eigenvalue weighted by molar-refractivity contribution is -0.304. The van der Waals surface area contributed by atoms with E-state index in [1.807, 2.05) is 0 Å². The van der Waals surface area contributed by atoms with Crippen molar-refractivity contribution in [1.29, 1.82) is 0 Å². The minimum absolute atomic E-state index is 0.230. The summed E-state index contributed by atoms with van der Waals surface area (Å²) in [7, 11) is 0. The zero-order valence-corrected chi connectivity index (χ0v) is 25.9. The summed E-state index contributed by atoms with van der Waals surface area (Å²) in [4.78, 5) is 51.8. The lowest BCUT2D eigenvalue weighted by atomic mass is 9.93. The Balaban J connectivity index is 3.70. The molecule has 224 valence electrons. The van der Waals surface area contributed by atoms with Crippen LogP contribution in [0, 0.1) is 21.7 Å². The summed E-state index contributed by atoms with van der Waals surface area (Å²) >= 11 is 0. The van der Waals surface area contributed by atoms with Gasteiger partial charge in [-0.25, -0.2) is 0 Å². The van der Waals surface area contributed by atoms with Gasteiger partial charge in [-0.05, 0) is 90.0 Å². The molecule has 1 saturated heterocycles. The number of esters is 4. The van der Waals surface area contributed by atoms with Crippen LogP contribution in [0.15, 0.2) is 12.3 Å². The Morgan fingerprint density at radius 2 is 0.949 bits per heavy atom. The normalized spacial score (nSPS) is 24.3. The first-order valence-electron chi connectivity index (χ1n) is 13.1. The molecular formula is C29H48O10. The van der Waals surface area contributed by atoms with Crippen LogP contribution in [0.5, 0.6) is 0 Å². The topological polar surface area (TPSA) is 124 Å². The molecule has 0 bridgehead atoms. The molecule has 0 radical (unpaired) electrons. The van der Waals surface area contributed by atoms with E-state index < -0.39 is 76.2 Å². The number of rotatable bonds is 7. The highest BCUT2D eigenvalue weighted by atomic mass is 16.7. The van der Waals surface area contributed by atoms with E-state index in [4.69, 9.17) is 28.4 Å². The zero-order valence-electron chi connectivity index (χ0n) is 25.9. The fraction of sp³-hybridized carbons (Fsp3) is 0.793. The van der Waals surface area contributed by atoms with Gasteiger partial charge in [0.1, 0.15) is 12.7 Å². The molecule has 0 aromatic heterocycles. The molecular weight excluding hydrogens is 508 g/mol. The van der Waals surface area contributed by atoms with Crippen molar-refractivity contribution < 1.29 is 47.6 Å². The van der Waals surface area contributed by atoms with Gasteiger partial charge in [0.05, 0.1) is 27.4 Å². The van der Waals surface area contributed by atoms with Gasteiger partial charge in [-0.3, -0.25) is 19.2 Å². The maximum absolute atomic E-state index is 13.1. The molecule has 1 aliphatic heterocycles. The number of ether oxygens (including phenoxy) is 6. The average Bonchev–Trinajstić information content (AvgIpc) is 2.72. The molecule has 10 nitrogen and oxygen atoms in total. The Bertz CT molecular complexity index is 924. The molecule has 1 fully saturated rings. The van der Waals surface area contributed by atoms with Crippen LogP contribution in [0.4, 0.5) is 0 Å². The van der Waals surface area contributed by atoms with Crippen molar-refractivity contribution >= 4 is 23.9 Å². The van der Waals surface area contributed by atoms with E-state index in [1.165, 1.54) is 0 Å². The highest BCUT2D eigenvalue weighted by Crippen LogP contribution is 2.35. The summed E-state index contributed by atoms with van der Waals surface area (Å²) in [5, 5.41) is 0. The Morgan fingerprint density at radius 3 is 1.31 bits per heavy atom. The minimum atomic E-state index is -1.36. The lowest BCUT2D eigenvalue weighted by Crippen LogP contribution is -2.64. The van der Waals surface area contributed by atoms with Crippen LogP contribution < -0.4 is 0 Å². The van der Waals surface area contributed by atoms with Crippen LogP contribution in [-0.4, -0.2) is 61.2 Å². The molecule has 10 heteroatoms. The van der Waals surface area contributed by atoms with Crippen LogP contribution in [0.3, 0.4) is 0 Å². The zero-order chi connectivity index (χ0) is 30.7. The highest BCUT2D eigenvalue weighted by molar-refractivity contribution is 5.78. The van der Waals surface area contributed by atoms with E-state index in [9.17, 15) is 19.2 Å². The number of carbonyl (C=O) groups is 4. The van der Waals surface area contributed by atoms with Gasteiger partial charge in [0.2, 0.25) is 12.4 Å². The maximum atomic E-state index is 13.1. The van der Waals surface area contributed by atoms with E-state index >= 15 is 0 Å². The Hall–Kier alpha value is -2.62. The SMILES string of the molecule is C=C(C)O[C@@H]1O[C@H](COC(=O)C(C)(C)C)[C@H](OC(=O)C(C)(C)C)[C@H](OC(=O)C(C)(C)C)[C@H]1OC(=O)C(C)(C)C. The van der Waals surface area contributed by atoms with Gasteiger partial charge in [-0.2, -0.15) is 0 Å². The number of hydrogen-bond donors (Lipinski definition) is 0. The van der Waals surface area contributed by atoms with Crippen LogP contribution in [0.1, 0.15) is 90.0 Å². The van der Waals surface area contributed by atoms with Crippen molar-refractivity contribution in [3.63, 3.8) is 0 Å². The van der Waals surface area contributed by atoms with Gasteiger partial charge in [0, 0.05) is 0 Å². The van der Waals surface area contributed by atoms with Crippen LogP contribution in [0.2, 0.25) is 0 Å². The quantitative estimate of drug-likeness (QED) is 0.247. The summed E-state index contributed by atoms with van der Waals surface area (Å²) < 4.78 is 35.0. The second-order valence-corrected chi connectivity index (χ2v) is 14.1. The summed E-state index contributed by atoms with van der Waals surface area (Å²) in [6.07, 6.45) is -6.44. The lowest BCUT2D eigenvalue weighted by Gasteiger charge is -2.45. The summed E-state index contributed by atoms with van der Waals surface area (Å²) in [6, 6.07) is 0. The van der Waals surface area contributed by atoms with Gasteiger partial charge in [0.25, 0.3) is 0 Å². The molecule has 0 spiro atoms. The van der Waals surface area contributed by atoms with Gasteiger partial charge in [0.15, 0.2) is 12.2 Å². The molecule has 0 aromatic rings. The van der Waals surface area contributed by atoms with Crippen LogP contribution >= 0.6 is 0 Å². The Kier molecular flexibility index (Phi) is 10.8. The van der Waals surface area contributed by atoms with Crippen LogP contribution in [0.25, 0.3) is 0 Å².